The Hall–Kier alpha value is -1.13. The van der Waals surface area contributed by atoms with E-state index in [4.69, 9.17) is 10.5 Å². The first-order chi connectivity index (χ1) is 9.41. The molecule has 1 fully saturated rings. The Morgan fingerprint density at radius 3 is 2.50 bits per heavy atom. The van der Waals surface area contributed by atoms with Crippen LogP contribution in [0.2, 0.25) is 0 Å². The van der Waals surface area contributed by atoms with Crippen molar-refractivity contribution in [2.75, 3.05) is 13.1 Å². The van der Waals surface area contributed by atoms with Crippen LogP contribution in [0.4, 0.5) is 0 Å². The summed E-state index contributed by atoms with van der Waals surface area (Å²) >= 11 is 0. The van der Waals surface area contributed by atoms with Gasteiger partial charge in [-0.15, -0.1) is 0 Å². The summed E-state index contributed by atoms with van der Waals surface area (Å²) in [5, 5.41) is 0. The average Bonchev–Trinajstić information content (AvgIpc) is 2.92. The highest BCUT2D eigenvalue weighted by molar-refractivity contribution is 5.28. The van der Waals surface area contributed by atoms with Crippen molar-refractivity contribution >= 4 is 0 Å². The average molecular weight is 277 g/mol. The van der Waals surface area contributed by atoms with Crippen molar-refractivity contribution in [3.63, 3.8) is 0 Å². The number of nitrogens with zero attached hydrogens (tertiary/aromatic N) is 2. The molecule has 1 atom stereocenters. The van der Waals surface area contributed by atoms with E-state index in [0.29, 0.717) is 0 Å². The Morgan fingerprint density at radius 1 is 1.25 bits per heavy atom. The fraction of sp³-hybridized carbons (Fsp3) is 0.688. The lowest BCUT2D eigenvalue weighted by Crippen LogP contribution is -2.49. The summed E-state index contributed by atoms with van der Waals surface area (Å²) in [5.41, 5.74) is 7.50. The molecule has 1 unspecified atom stereocenters. The zero-order valence-corrected chi connectivity index (χ0v) is 13.1. The molecule has 1 saturated heterocycles. The molecule has 1 aliphatic rings. The summed E-state index contributed by atoms with van der Waals surface area (Å²) < 4.78 is 5.71. The molecule has 20 heavy (non-hydrogen) atoms. The van der Waals surface area contributed by atoms with Crippen LogP contribution in [0.25, 0.3) is 0 Å². The Labute approximate surface area is 122 Å². The summed E-state index contributed by atoms with van der Waals surface area (Å²) in [4.78, 5) is 6.76. The maximum absolute atomic E-state index is 6.52. The second kappa shape index (κ2) is 6.10. The van der Waals surface area contributed by atoms with Crippen LogP contribution < -0.4 is 10.5 Å². The quantitative estimate of drug-likeness (QED) is 0.899. The zero-order chi connectivity index (χ0) is 14.8. The number of pyridine rings is 1. The van der Waals surface area contributed by atoms with E-state index in [1.54, 1.807) is 6.20 Å². The second-order valence-corrected chi connectivity index (χ2v) is 6.45. The molecule has 2 N–H and O–H groups in total. The number of aromatic nitrogens is 1. The van der Waals surface area contributed by atoms with Gasteiger partial charge < -0.3 is 10.5 Å². The highest BCUT2D eigenvalue weighted by Crippen LogP contribution is 2.32. The fourth-order valence-electron chi connectivity index (χ4n) is 2.84. The molecule has 1 aliphatic heterocycles. The van der Waals surface area contributed by atoms with E-state index in [0.717, 1.165) is 24.4 Å². The first kappa shape index (κ1) is 15.3. The van der Waals surface area contributed by atoms with Crippen LogP contribution in [0.1, 0.15) is 52.1 Å². The topological polar surface area (TPSA) is 51.4 Å². The smallest absolute Gasteiger partial charge is 0.138 e. The first-order valence-corrected chi connectivity index (χ1v) is 7.53. The maximum Gasteiger partial charge on any atom is 0.138 e. The van der Waals surface area contributed by atoms with Crippen molar-refractivity contribution in [2.24, 2.45) is 5.73 Å². The van der Waals surface area contributed by atoms with Crippen molar-refractivity contribution in [2.45, 2.75) is 58.2 Å². The van der Waals surface area contributed by atoms with Crippen LogP contribution in [0, 0.1) is 0 Å². The number of ether oxygens (including phenoxy) is 1. The minimum absolute atomic E-state index is 0.0609. The summed E-state index contributed by atoms with van der Waals surface area (Å²) in [6.45, 7) is 10.7. The molecule has 0 aliphatic carbocycles. The van der Waals surface area contributed by atoms with Crippen LogP contribution in [0.15, 0.2) is 18.5 Å². The molecule has 0 aromatic carbocycles. The molecule has 112 valence electrons. The molecule has 0 amide bonds. The largest absolute Gasteiger partial charge is 0.489 e. The Balaban J connectivity index is 2.17. The molecular formula is C16H27N3O. The third-order valence-electron chi connectivity index (χ3n) is 4.15. The van der Waals surface area contributed by atoms with E-state index < -0.39 is 0 Å². The predicted molar refractivity (Wildman–Crippen MR) is 81.8 cm³/mol. The van der Waals surface area contributed by atoms with Crippen LogP contribution in [0.3, 0.4) is 0 Å². The van der Waals surface area contributed by atoms with Crippen molar-refractivity contribution in [3.05, 3.63) is 24.0 Å². The molecular weight excluding hydrogens is 250 g/mol. The number of hydrogen-bond donors (Lipinski definition) is 1. The van der Waals surface area contributed by atoms with Gasteiger partial charge in [0.2, 0.25) is 0 Å². The Kier molecular flexibility index (Phi) is 4.66. The summed E-state index contributed by atoms with van der Waals surface area (Å²) in [6.07, 6.45) is 6.29. The van der Waals surface area contributed by atoms with E-state index in [1.165, 1.54) is 12.8 Å². The number of hydrogen-bond acceptors (Lipinski definition) is 4. The van der Waals surface area contributed by atoms with Gasteiger partial charge in [-0.1, -0.05) is 0 Å². The Bertz CT molecular complexity index is 439. The van der Waals surface area contributed by atoms with Crippen LogP contribution in [0.5, 0.6) is 5.75 Å². The molecule has 1 aromatic heterocycles. The lowest BCUT2D eigenvalue weighted by molar-refractivity contribution is 0.123. The monoisotopic (exact) mass is 277 g/mol. The standard InChI is InChI=1S/C16H27N3O/c1-12(2)20-14-9-13(10-18-11-14)15(17)16(3,4)19-7-5-6-8-19/h9-12,15H,5-8,17H2,1-4H3. The third kappa shape index (κ3) is 3.30. The number of rotatable bonds is 5. The minimum Gasteiger partial charge on any atom is -0.489 e. The van der Waals surface area contributed by atoms with Crippen molar-refractivity contribution < 1.29 is 4.74 Å². The first-order valence-electron chi connectivity index (χ1n) is 7.53. The molecule has 4 nitrogen and oxygen atoms in total. The zero-order valence-electron chi connectivity index (χ0n) is 13.1. The van der Waals surface area contributed by atoms with Crippen molar-refractivity contribution in [1.29, 1.82) is 0 Å². The summed E-state index contributed by atoms with van der Waals surface area (Å²) in [7, 11) is 0. The van der Waals surface area contributed by atoms with Gasteiger partial charge in [-0.3, -0.25) is 9.88 Å². The van der Waals surface area contributed by atoms with E-state index >= 15 is 0 Å². The van der Waals surface area contributed by atoms with E-state index in [1.807, 2.05) is 26.1 Å². The minimum atomic E-state index is -0.0659. The molecule has 0 bridgehead atoms. The Morgan fingerprint density at radius 2 is 1.90 bits per heavy atom. The molecule has 1 aromatic rings. The van der Waals surface area contributed by atoms with Crippen LogP contribution in [-0.4, -0.2) is 34.6 Å². The molecule has 2 heterocycles. The van der Waals surface area contributed by atoms with E-state index in [9.17, 15) is 0 Å². The summed E-state index contributed by atoms with van der Waals surface area (Å²) in [5.74, 6) is 0.796. The second-order valence-electron chi connectivity index (χ2n) is 6.45. The van der Waals surface area contributed by atoms with E-state index in [-0.39, 0.29) is 17.7 Å². The molecule has 2 rings (SSSR count). The SMILES string of the molecule is CC(C)Oc1cncc(C(N)C(C)(C)N2CCCC2)c1. The number of nitrogens with two attached hydrogens (primary N) is 1. The highest BCUT2D eigenvalue weighted by Gasteiger charge is 2.35. The van der Waals surface area contributed by atoms with Gasteiger partial charge in [-0.2, -0.15) is 0 Å². The van der Waals surface area contributed by atoms with Gasteiger partial charge in [-0.05, 0) is 65.3 Å². The van der Waals surface area contributed by atoms with Crippen LogP contribution in [-0.2, 0) is 0 Å². The predicted octanol–water partition coefficient (Wildman–Crippen LogP) is 2.74. The molecule has 0 saturated carbocycles. The van der Waals surface area contributed by atoms with Gasteiger partial charge in [0.25, 0.3) is 0 Å². The summed E-state index contributed by atoms with van der Waals surface area (Å²) in [6, 6.07) is 1.96. The normalized spacial score (nSPS) is 18.5. The molecule has 4 heteroatoms. The lowest BCUT2D eigenvalue weighted by Gasteiger charge is -2.40. The van der Waals surface area contributed by atoms with Gasteiger partial charge in [0.05, 0.1) is 12.3 Å². The fourth-order valence-corrected chi connectivity index (χ4v) is 2.84. The van der Waals surface area contributed by atoms with Gasteiger partial charge in [-0.25, -0.2) is 0 Å². The lowest BCUT2D eigenvalue weighted by atomic mass is 9.88. The molecule has 0 spiro atoms. The number of likely N-dealkylation sites (tertiary alicyclic amines) is 1. The van der Waals surface area contributed by atoms with Crippen molar-refractivity contribution in [3.8, 4) is 5.75 Å². The molecule has 0 radical (unpaired) electrons. The van der Waals surface area contributed by atoms with Crippen LogP contribution >= 0.6 is 0 Å². The maximum atomic E-state index is 6.52. The van der Waals surface area contributed by atoms with Gasteiger partial charge >= 0.3 is 0 Å². The van der Waals surface area contributed by atoms with E-state index in [2.05, 4.69) is 23.7 Å². The highest BCUT2D eigenvalue weighted by atomic mass is 16.5. The van der Waals surface area contributed by atoms with Gasteiger partial charge in [0.1, 0.15) is 5.75 Å². The van der Waals surface area contributed by atoms with Gasteiger partial charge in [0.15, 0.2) is 0 Å². The van der Waals surface area contributed by atoms with Crippen molar-refractivity contribution in [1.82, 2.24) is 9.88 Å². The van der Waals surface area contributed by atoms with Gasteiger partial charge in [0, 0.05) is 17.8 Å². The third-order valence-corrected chi connectivity index (χ3v) is 4.15.